The van der Waals surface area contributed by atoms with Gasteiger partial charge in [-0.3, -0.25) is 9.69 Å². The number of hydrogen-bond acceptors (Lipinski definition) is 5. The van der Waals surface area contributed by atoms with Crippen LogP contribution in [-0.4, -0.2) is 28.8 Å². The number of aliphatic carboxylic acids is 1. The largest absolute Gasteiger partial charge is 0.482 e. The Kier molecular flexibility index (Phi) is 7.50. The van der Waals surface area contributed by atoms with E-state index in [-0.39, 0.29) is 5.91 Å². The number of carboxylic acid groups (broad SMARTS) is 1. The first-order valence-electron chi connectivity index (χ1n) is 10.5. The van der Waals surface area contributed by atoms with Gasteiger partial charge in [-0.25, -0.2) is 9.79 Å². The number of aryl methyl sites for hydroxylation is 2. The molecule has 1 N–H and O–H groups in total. The molecule has 1 aliphatic heterocycles. The molecule has 3 aromatic rings. The van der Waals surface area contributed by atoms with Crippen LogP contribution in [0, 0.1) is 13.8 Å². The highest BCUT2D eigenvalue weighted by Gasteiger charge is 2.35. The Morgan fingerprint density at radius 3 is 2.31 bits per heavy atom. The minimum Gasteiger partial charge on any atom is -0.482 e. The minimum absolute atomic E-state index is 0.238. The first-order chi connectivity index (χ1) is 16.7. The highest BCUT2D eigenvalue weighted by molar-refractivity contribution is 8.19. The number of hydrogen-bond donors (Lipinski definition) is 1. The molecule has 1 fully saturated rings. The number of carbonyl (C=O) groups excluding carboxylic acids is 1. The quantitative estimate of drug-likeness (QED) is 0.354. The molecule has 0 saturated carbocycles. The number of benzene rings is 3. The van der Waals surface area contributed by atoms with Crippen LogP contribution in [0.2, 0.25) is 10.0 Å². The van der Waals surface area contributed by atoms with Gasteiger partial charge in [0.05, 0.1) is 16.3 Å². The van der Waals surface area contributed by atoms with Crippen molar-refractivity contribution >= 4 is 69.5 Å². The third kappa shape index (κ3) is 5.88. The fourth-order valence-corrected chi connectivity index (χ4v) is 4.57. The average Bonchev–Trinajstić information content (AvgIpc) is 3.12. The van der Waals surface area contributed by atoms with Crippen LogP contribution in [0.3, 0.4) is 0 Å². The number of amides is 1. The van der Waals surface area contributed by atoms with Crippen molar-refractivity contribution in [3.05, 3.63) is 92.3 Å². The first kappa shape index (κ1) is 24.9. The molecule has 9 heteroatoms. The van der Waals surface area contributed by atoms with Gasteiger partial charge in [0.25, 0.3) is 5.91 Å². The summed E-state index contributed by atoms with van der Waals surface area (Å²) in [4.78, 5) is 30.9. The Labute approximate surface area is 216 Å². The number of nitrogens with zero attached hydrogens (tertiary/aromatic N) is 2. The zero-order chi connectivity index (χ0) is 25.1. The van der Waals surface area contributed by atoms with Gasteiger partial charge in [-0.15, -0.1) is 0 Å². The molecule has 0 bridgehead atoms. The lowest BCUT2D eigenvalue weighted by atomic mass is 10.2. The van der Waals surface area contributed by atoms with Crippen LogP contribution < -0.4 is 9.64 Å². The summed E-state index contributed by atoms with van der Waals surface area (Å²) in [5.74, 6) is -0.866. The number of ether oxygens (including phenoxy) is 1. The fourth-order valence-electron chi connectivity index (χ4n) is 3.22. The summed E-state index contributed by atoms with van der Waals surface area (Å²) in [5.41, 5.74) is 3.82. The van der Waals surface area contributed by atoms with E-state index in [1.165, 1.54) is 16.7 Å². The van der Waals surface area contributed by atoms with E-state index in [1.807, 2.05) is 38.1 Å². The summed E-state index contributed by atoms with van der Waals surface area (Å²) in [6.07, 6.45) is 1.75. The molecular formula is C26H20Cl2N2O4S. The second-order valence-corrected chi connectivity index (χ2v) is 9.59. The Bertz CT molecular complexity index is 1370. The lowest BCUT2D eigenvalue weighted by Crippen LogP contribution is -2.28. The number of halogens is 2. The summed E-state index contributed by atoms with van der Waals surface area (Å²) in [7, 11) is 0. The predicted octanol–water partition coefficient (Wildman–Crippen LogP) is 6.88. The summed E-state index contributed by atoms with van der Waals surface area (Å²) in [6, 6.07) is 17.7. The van der Waals surface area contributed by atoms with Crippen molar-refractivity contribution in [2.75, 3.05) is 11.5 Å². The van der Waals surface area contributed by atoms with Gasteiger partial charge in [0.15, 0.2) is 11.8 Å². The third-order valence-corrected chi connectivity index (χ3v) is 6.92. The minimum atomic E-state index is -1.05. The molecule has 35 heavy (non-hydrogen) atoms. The molecule has 1 amide bonds. The molecule has 0 radical (unpaired) electrons. The van der Waals surface area contributed by atoms with Crippen molar-refractivity contribution in [1.82, 2.24) is 0 Å². The Morgan fingerprint density at radius 1 is 1.03 bits per heavy atom. The van der Waals surface area contributed by atoms with Crippen LogP contribution in [-0.2, 0) is 9.59 Å². The van der Waals surface area contributed by atoms with Gasteiger partial charge in [0.2, 0.25) is 0 Å². The fraction of sp³-hybridized carbons (Fsp3) is 0.115. The van der Waals surface area contributed by atoms with E-state index in [1.54, 1.807) is 42.5 Å². The van der Waals surface area contributed by atoms with Crippen molar-refractivity contribution in [3.8, 4) is 5.75 Å². The van der Waals surface area contributed by atoms with Crippen molar-refractivity contribution in [2.24, 2.45) is 4.99 Å². The molecule has 1 heterocycles. The standard InChI is InChI=1S/C26H20Cl2N2O4S/c1-15-3-7-18(12-21(15)27)29-26-30(19-8-4-16(2)22(28)13-19)25(33)23(35-26)11-17-5-9-20(10-6-17)34-14-24(31)32/h3-13H,14H2,1-2H3,(H,31,32)/b23-11-,29-26?. The molecule has 1 aliphatic rings. The zero-order valence-corrected chi connectivity index (χ0v) is 21.1. The number of carboxylic acids is 1. The Hall–Kier alpha value is -3.26. The van der Waals surface area contributed by atoms with E-state index < -0.39 is 12.6 Å². The van der Waals surface area contributed by atoms with E-state index in [4.69, 9.17) is 38.0 Å². The summed E-state index contributed by atoms with van der Waals surface area (Å²) in [6.45, 7) is 3.38. The molecular weight excluding hydrogens is 507 g/mol. The average molecular weight is 527 g/mol. The number of aliphatic imine (C=N–C) groups is 1. The maximum Gasteiger partial charge on any atom is 0.341 e. The number of amidine groups is 1. The lowest BCUT2D eigenvalue weighted by molar-refractivity contribution is -0.139. The van der Waals surface area contributed by atoms with E-state index in [9.17, 15) is 9.59 Å². The SMILES string of the molecule is Cc1ccc(N=C2S/C(=C\c3ccc(OCC(=O)O)cc3)C(=O)N2c2ccc(C)c(Cl)c2)cc1Cl. The first-order valence-corrected chi connectivity index (χ1v) is 12.1. The van der Waals surface area contributed by atoms with Gasteiger partial charge >= 0.3 is 5.97 Å². The van der Waals surface area contributed by atoms with Crippen LogP contribution in [0.4, 0.5) is 11.4 Å². The number of carbonyl (C=O) groups is 2. The van der Waals surface area contributed by atoms with Gasteiger partial charge in [-0.1, -0.05) is 47.5 Å². The zero-order valence-electron chi connectivity index (χ0n) is 18.8. The molecule has 0 aliphatic carbocycles. The number of anilines is 1. The van der Waals surface area contributed by atoms with Crippen molar-refractivity contribution in [1.29, 1.82) is 0 Å². The Balaban J connectivity index is 1.70. The van der Waals surface area contributed by atoms with E-state index in [0.29, 0.717) is 37.2 Å². The van der Waals surface area contributed by atoms with Gasteiger partial charge in [0, 0.05) is 10.0 Å². The molecule has 178 valence electrons. The second-order valence-electron chi connectivity index (χ2n) is 7.76. The molecule has 0 unspecified atom stereocenters. The van der Waals surface area contributed by atoms with E-state index in [0.717, 1.165) is 16.7 Å². The highest BCUT2D eigenvalue weighted by atomic mass is 35.5. The summed E-state index contributed by atoms with van der Waals surface area (Å²) in [5, 5.41) is 10.4. The molecule has 0 spiro atoms. The van der Waals surface area contributed by atoms with Crippen molar-refractivity contribution in [3.63, 3.8) is 0 Å². The van der Waals surface area contributed by atoms with Crippen LogP contribution >= 0.6 is 35.0 Å². The maximum absolute atomic E-state index is 13.5. The van der Waals surface area contributed by atoms with Gasteiger partial charge in [-0.2, -0.15) is 0 Å². The molecule has 3 aromatic carbocycles. The molecule has 6 nitrogen and oxygen atoms in total. The van der Waals surface area contributed by atoms with Crippen LogP contribution in [0.5, 0.6) is 5.75 Å². The second kappa shape index (κ2) is 10.6. The molecule has 0 atom stereocenters. The summed E-state index contributed by atoms with van der Waals surface area (Å²) < 4.78 is 5.17. The molecule has 4 rings (SSSR count). The lowest BCUT2D eigenvalue weighted by Gasteiger charge is -2.16. The van der Waals surface area contributed by atoms with Gasteiger partial charge in [0.1, 0.15) is 5.75 Å². The monoisotopic (exact) mass is 526 g/mol. The number of thioether (sulfide) groups is 1. The predicted molar refractivity (Wildman–Crippen MR) is 142 cm³/mol. The van der Waals surface area contributed by atoms with Crippen LogP contribution in [0.1, 0.15) is 16.7 Å². The van der Waals surface area contributed by atoms with Crippen LogP contribution in [0.25, 0.3) is 6.08 Å². The maximum atomic E-state index is 13.5. The van der Waals surface area contributed by atoms with Crippen molar-refractivity contribution in [2.45, 2.75) is 13.8 Å². The topological polar surface area (TPSA) is 79.2 Å². The van der Waals surface area contributed by atoms with E-state index >= 15 is 0 Å². The third-order valence-electron chi connectivity index (χ3n) is 5.14. The van der Waals surface area contributed by atoms with Gasteiger partial charge < -0.3 is 9.84 Å². The highest BCUT2D eigenvalue weighted by Crippen LogP contribution is 2.39. The molecule has 1 saturated heterocycles. The smallest absolute Gasteiger partial charge is 0.341 e. The summed E-state index contributed by atoms with van der Waals surface area (Å²) >= 11 is 13.9. The normalized spacial score (nSPS) is 15.8. The number of rotatable bonds is 6. The molecule has 0 aromatic heterocycles. The van der Waals surface area contributed by atoms with Crippen LogP contribution in [0.15, 0.2) is 70.6 Å². The van der Waals surface area contributed by atoms with Crippen molar-refractivity contribution < 1.29 is 19.4 Å². The Morgan fingerprint density at radius 2 is 1.69 bits per heavy atom. The van der Waals surface area contributed by atoms with Gasteiger partial charge in [-0.05, 0) is 84.8 Å². The van der Waals surface area contributed by atoms with E-state index in [2.05, 4.69) is 0 Å².